The zero-order valence-electron chi connectivity index (χ0n) is 19.5. The fourth-order valence-electron chi connectivity index (χ4n) is 4.72. The second-order valence-corrected chi connectivity index (χ2v) is 9.21. The first-order chi connectivity index (χ1) is 18.0. The van der Waals surface area contributed by atoms with Crippen molar-refractivity contribution in [1.29, 1.82) is 0 Å². The molecule has 5 aromatic rings. The number of rotatable bonds is 4. The lowest BCUT2D eigenvalue weighted by Gasteiger charge is -2.29. The summed E-state index contributed by atoms with van der Waals surface area (Å²) in [6.45, 7) is 0.611. The lowest BCUT2D eigenvalue weighted by molar-refractivity contribution is -0.122. The number of thiocarbonyl (C=S) groups is 1. The van der Waals surface area contributed by atoms with E-state index >= 15 is 0 Å². The maximum Gasteiger partial charge on any atom is 0.270 e. The summed E-state index contributed by atoms with van der Waals surface area (Å²) in [5.41, 5.74) is 2.66. The number of carbonyl (C=O) groups is 2. The van der Waals surface area contributed by atoms with Crippen LogP contribution in [0, 0.1) is 5.82 Å². The van der Waals surface area contributed by atoms with Crippen LogP contribution in [0.15, 0.2) is 103 Å². The topological polar surface area (TPSA) is 54.3 Å². The standard InChI is InChI=1S/C30H20FN3O2S/c31-25-10-4-6-12-27(25)34-29(36)24(28(35)32-30(34)37)16-22-18-33(26-11-5-3-9-23(22)26)17-19-13-14-20-7-1-2-8-21(20)15-19/h1-16,18H,17H2,(H,32,35,37)/b24-16+. The molecule has 0 atom stereocenters. The molecular formula is C30H20FN3O2S. The molecule has 0 unspecified atom stereocenters. The van der Waals surface area contributed by atoms with Gasteiger partial charge in [0.15, 0.2) is 5.11 Å². The summed E-state index contributed by atoms with van der Waals surface area (Å²) in [6.07, 6.45) is 3.47. The van der Waals surface area contributed by atoms with Crippen LogP contribution in [0.4, 0.5) is 10.1 Å². The highest BCUT2D eigenvalue weighted by Crippen LogP contribution is 2.28. The maximum atomic E-state index is 14.5. The Morgan fingerprint density at radius 1 is 0.865 bits per heavy atom. The van der Waals surface area contributed by atoms with Gasteiger partial charge in [0.05, 0.1) is 5.69 Å². The van der Waals surface area contributed by atoms with E-state index in [0.29, 0.717) is 12.1 Å². The van der Waals surface area contributed by atoms with Crippen LogP contribution >= 0.6 is 12.2 Å². The van der Waals surface area contributed by atoms with E-state index in [1.807, 2.05) is 42.6 Å². The van der Waals surface area contributed by atoms with Gasteiger partial charge in [0.25, 0.3) is 11.8 Å². The third-order valence-electron chi connectivity index (χ3n) is 6.48. The largest absolute Gasteiger partial charge is 0.342 e. The van der Waals surface area contributed by atoms with E-state index in [1.54, 1.807) is 12.1 Å². The second-order valence-electron chi connectivity index (χ2n) is 8.82. The van der Waals surface area contributed by atoms with Gasteiger partial charge in [0.2, 0.25) is 0 Å². The van der Waals surface area contributed by atoms with Gasteiger partial charge in [0.1, 0.15) is 11.4 Å². The first-order valence-corrected chi connectivity index (χ1v) is 12.1. The molecule has 0 aliphatic carbocycles. The van der Waals surface area contributed by atoms with Crippen LogP contribution in [0.1, 0.15) is 11.1 Å². The molecule has 5 nitrogen and oxygen atoms in total. The summed E-state index contributed by atoms with van der Waals surface area (Å²) in [6, 6.07) is 28.2. The van der Waals surface area contributed by atoms with E-state index in [9.17, 15) is 14.0 Å². The SMILES string of the molecule is O=C1NC(=S)N(c2ccccc2F)C(=O)/C1=C/c1cn(Cc2ccc3ccccc3c2)c2ccccc12. The number of fused-ring (bicyclic) bond motifs is 2. The van der Waals surface area contributed by atoms with Crippen molar-refractivity contribution in [2.45, 2.75) is 6.54 Å². The van der Waals surface area contributed by atoms with Gasteiger partial charge in [-0.2, -0.15) is 0 Å². The number of amides is 2. The van der Waals surface area contributed by atoms with Crippen molar-refractivity contribution in [3.63, 3.8) is 0 Å². The number of hydrogen-bond donors (Lipinski definition) is 1. The molecule has 180 valence electrons. The number of aromatic nitrogens is 1. The summed E-state index contributed by atoms with van der Waals surface area (Å²) >= 11 is 5.20. The van der Waals surface area contributed by atoms with Gasteiger partial charge in [-0.1, -0.05) is 66.7 Å². The van der Waals surface area contributed by atoms with E-state index in [1.165, 1.54) is 23.6 Å². The number of hydrogen-bond acceptors (Lipinski definition) is 3. The average Bonchev–Trinajstić information content (AvgIpc) is 3.24. The van der Waals surface area contributed by atoms with E-state index in [-0.39, 0.29) is 16.4 Å². The van der Waals surface area contributed by atoms with Gasteiger partial charge in [-0.25, -0.2) is 9.29 Å². The Labute approximate surface area is 217 Å². The van der Waals surface area contributed by atoms with Crippen molar-refractivity contribution in [1.82, 2.24) is 9.88 Å². The summed E-state index contributed by atoms with van der Waals surface area (Å²) in [5.74, 6) is -1.90. The van der Waals surface area contributed by atoms with Gasteiger partial charge >= 0.3 is 0 Å². The molecule has 0 spiro atoms. The smallest absolute Gasteiger partial charge is 0.270 e. The molecule has 1 aromatic heterocycles. The second kappa shape index (κ2) is 9.11. The van der Waals surface area contributed by atoms with Crippen molar-refractivity contribution in [2.24, 2.45) is 0 Å². The summed E-state index contributed by atoms with van der Waals surface area (Å²) in [5, 5.41) is 5.59. The Bertz CT molecular complexity index is 1770. The van der Waals surface area contributed by atoms with Gasteiger partial charge in [-0.05, 0) is 58.9 Å². The molecule has 1 aliphatic heterocycles. The molecule has 37 heavy (non-hydrogen) atoms. The molecule has 2 heterocycles. The van der Waals surface area contributed by atoms with Crippen molar-refractivity contribution in [3.8, 4) is 0 Å². The highest BCUT2D eigenvalue weighted by Gasteiger charge is 2.35. The van der Waals surface area contributed by atoms with Crippen LogP contribution in [0.2, 0.25) is 0 Å². The summed E-state index contributed by atoms with van der Waals surface area (Å²) < 4.78 is 16.6. The highest BCUT2D eigenvalue weighted by atomic mass is 32.1. The van der Waals surface area contributed by atoms with Crippen LogP contribution in [-0.4, -0.2) is 21.5 Å². The Balaban J connectivity index is 1.41. The Hall–Kier alpha value is -4.62. The van der Waals surface area contributed by atoms with Gasteiger partial charge in [-0.15, -0.1) is 0 Å². The minimum absolute atomic E-state index is 0.0119. The van der Waals surface area contributed by atoms with Gasteiger partial charge < -0.3 is 4.57 Å². The molecule has 1 saturated heterocycles. The Kier molecular flexibility index (Phi) is 5.62. The van der Waals surface area contributed by atoms with Gasteiger partial charge in [-0.3, -0.25) is 14.9 Å². The fourth-order valence-corrected chi connectivity index (χ4v) is 4.99. The number of halogens is 1. The minimum atomic E-state index is -0.676. The first-order valence-electron chi connectivity index (χ1n) is 11.7. The molecular weight excluding hydrogens is 485 g/mol. The molecule has 7 heteroatoms. The molecule has 0 bridgehead atoms. The molecule has 1 N–H and O–H groups in total. The Morgan fingerprint density at radius 3 is 2.43 bits per heavy atom. The zero-order chi connectivity index (χ0) is 25.5. The molecule has 1 aliphatic rings. The quantitative estimate of drug-likeness (QED) is 0.190. The lowest BCUT2D eigenvalue weighted by atomic mass is 10.1. The predicted octanol–water partition coefficient (Wildman–Crippen LogP) is 5.81. The van der Waals surface area contributed by atoms with E-state index in [0.717, 1.165) is 26.8 Å². The third-order valence-corrected chi connectivity index (χ3v) is 6.77. The van der Waals surface area contributed by atoms with Crippen molar-refractivity contribution in [3.05, 3.63) is 120 Å². The minimum Gasteiger partial charge on any atom is -0.342 e. The van der Waals surface area contributed by atoms with Crippen LogP contribution in [0.25, 0.3) is 27.8 Å². The molecule has 0 saturated carbocycles. The van der Waals surface area contributed by atoms with Crippen molar-refractivity contribution < 1.29 is 14.0 Å². The maximum absolute atomic E-state index is 14.5. The highest BCUT2D eigenvalue weighted by molar-refractivity contribution is 7.80. The number of para-hydroxylation sites is 2. The van der Waals surface area contributed by atoms with Crippen LogP contribution in [0.5, 0.6) is 0 Å². The molecule has 0 radical (unpaired) electrons. The molecule has 2 amide bonds. The predicted molar refractivity (Wildman–Crippen MR) is 148 cm³/mol. The average molecular weight is 506 g/mol. The Morgan fingerprint density at radius 2 is 1.59 bits per heavy atom. The zero-order valence-corrected chi connectivity index (χ0v) is 20.3. The lowest BCUT2D eigenvalue weighted by Crippen LogP contribution is -2.54. The number of nitrogens with one attached hydrogen (secondary N) is 1. The van der Waals surface area contributed by atoms with Crippen LogP contribution < -0.4 is 10.2 Å². The first kappa shape index (κ1) is 22.8. The molecule has 6 rings (SSSR count). The third kappa shape index (κ3) is 4.09. The number of nitrogens with zero attached hydrogens (tertiary/aromatic N) is 2. The normalized spacial score (nSPS) is 15.1. The van der Waals surface area contributed by atoms with Gasteiger partial charge in [0, 0.05) is 29.2 Å². The monoisotopic (exact) mass is 505 g/mol. The fraction of sp³-hybridized carbons (Fsp3) is 0.0333. The van der Waals surface area contributed by atoms with E-state index in [4.69, 9.17) is 12.2 Å². The van der Waals surface area contributed by atoms with Crippen LogP contribution in [-0.2, 0) is 16.1 Å². The molecule has 4 aromatic carbocycles. The molecule has 1 fully saturated rings. The van der Waals surface area contributed by atoms with Crippen molar-refractivity contribution in [2.75, 3.05) is 4.90 Å². The number of benzene rings is 4. The summed E-state index contributed by atoms with van der Waals surface area (Å²) in [7, 11) is 0. The number of anilines is 1. The summed E-state index contributed by atoms with van der Waals surface area (Å²) in [4.78, 5) is 27.2. The van der Waals surface area contributed by atoms with E-state index < -0.39 is 17.6 Å². The van der Waals surface area contributed by atoms with Crippen LogP contribution in [0.3, 0.4) is 0 Å². The van der Waals surface area contributed by atoms with Crippen molar-refractivity contribution >= 4 is 62.6 Å². The number of carbonyl (C=O) groups excluding carboxylic acids is 2. The van der Waals surface area contributed by atoms with E-state index in [2.05, 4.69) is 40.2 Å².